The van der Waals surface area contributed by atoms with Crippen LogP contribution in [0, 0.1) is 0 Å². The lowest BCUT2D eigenvalue weighted by molar-refractivity contribution is -0.137. The Balaban J connectivity index is 2.20. The minimum atomic E-state index is -0.239. The first-order valence-corrected chi connectivity index (χ1v) is 5.77. The zero-order valence-electron chi connectivity index (χ0n) is 9.74. The fourth-order valence-corrected chi connectivity index (χ4v) is 2.00. The molecular formula is C12H21NO2. The van der Waals surface area contributed by atoms with Crippen molar-refractivity contribution in [2.75, 3.05) is 20.2 Å². The van der Waals surface area contributed by atoms with Crippen LogP contribution in [0.3, 0.4) is 0 Å². The quantitative estimate of drug-likeness (QED) is 0.514. The molecule has 0 radical (unpaired) electrons. The summed E-state index contributed by atoms with van der Waals surface area (Å²) in [5.74, 6) is -0.239. The molecule has 1 fully saturated rings. The minimum absolute atomic E-state index is 0.239. The lowest BCUT2D eigenvalue weighted by Gasteiger charge is -2.21. The van der Waals surface area contributed by atoms with E-state index in [2.05, 4.69) is 11.9 Å². The van der Waals surface area contributed by atoms with Gasteiger partial charge in [-0.15, -0.1) is 0 Å². The van der Waals surface area contributed by atoms with Crippen molar-refractivity contribution in [1.29, 1.82) is 0 Å². The summed E-state index contributed by atoms with van der Waals surface area (Å²) >= 11 is 0. The van der Waals surface area contributed by atoms with E-state index >= 15 is 0 Å². The summed E-state index contributed by atoms with van der Waals surface area (Å²) in [6.45, 7) is 3.10. The first-order chi connectivity index (χ1) is 7.24. The van der Waals surface area contributed by atoms with E-state index in [9.17, 15) is 4.79 Å². The smallest absolute Gasteiger partial charge is 0.330 e. The highest BCUT2D eigenvalue weighted by molar-refractivity contribution is 5.81. The summed E-state index contributed by atoms with van der Waals surface area (Å²) in [6.07, 6.45) is 8.69. The summed E-state index contributed by atoms with van der Waals surface area (Å²) in [4.78, 5) is 13.3. The summed E-state index contributed by atoms with van der Waals surface area (Å²) in [7, 11) is 2.12. The van der Waals surface area contributed by atoms with Crippen LogP contribution in [0.1, 0.15) is 32.6 Å². The normalized spacial score (nSPS) is 17.8. The van der Waals surface area contributed by atoms with Gasteiger partial charge in [0.25, 0.3) is 0 Å². The molecule has 0 N–H and O–H groups in total. The van der Waals surface area contributed by atoms with Gasteiger partial charge in [0.15, 0.2) is 0 Å². The molecule has 0 saturated heterocycles. The Kier molecular flexibility index (Phi) is 5.40. The fourth-order valence-electron chi connectivity index (χ4n) is 2.00. The number of likely N-dealkylation sites (N-methyl/N-ethyl adjacent to an activating group) is 1. The maximum Gasteiger partial charge on any atom is 0.330 e. The number of carbonyl (C=O) groups is 1. The second kappa shape index (κ2) is 6.62. The van der Waals surface area contributed by atoms with Gasteiger partial charge in [-0.05, 0) is 26.8 Å². The van der Waals surface area contributed by atoms with Gasteiger partial charge in [-0.3, -0.25) is 4.90 Å². The highest BCUT2D eigenvalue weighted by Gasteiger charge is 2.18. The number of ether oxygens (including phenoxy) is 1. The maximum atomic E-state index is 11.0. The number of esters is 1. The van der Waals surface area contributed by atoms with Crippen LogP contribution in [-0.4, -0.2) is 37.1 Å². The van der Waals surface area contributed by atoms with E-state index in [1.165, 1.54) is 31.8 Å². The van der Waals surface area contributed by atoms with Gasteiger partial charge >= 0.3 is 5.97 Å². The number of rotatable bonds is 5. The van der Waals surface area contributed by atoms with Crippen molar-refractivity contribution < 1.29 is 9.53 Å². The molecule has 0 aliphatic heterocycles. The average Bonchev–Trinajstić information content (AvgIpc) is 2.70. The van der Waals surface area contributed by atoms with Crippen LogP contribution in [0.2, 0.25) is 0 Å². The van der Waals surface area contributed by atoms with E-state index in [-0.39, 0.29) is 5.97 Å². The Morgan fingerprint density at radius 3 is 2.73 bits per heavy atom. The highest BCUT2D eigenvalue weighted by Crippen LogP contribution is 2.21. The number of hydrogen-bond acceptors (Lipinski definition) is 3. The Hall–Kier alpha value is -0.830. The van der Waals surface area contributed by atoms with Crippen molar-refractivity contribution in [3.8, 4) is 0 Å². The first kappa shape index (κ1) is 12.2. The van der Waals surface area contributed by atoms with Crippen LogP contribution in [0.4, 0.5) is 0 Å². The molecule has 1 rings (SSSR count). The Morgan fingerprint density at radius 1 is 1.47 bits per heavy atom. The molecule has 3 heteroatoms. The highest BCUT2D eigenvalue weighted by atomic mass is 16.5. The molecule has 86 valence electrons. The molecule has 0 amide bonds. The largest absolute Gasteiger partial charge is 0.463 e. The molecule has 0 bridgehead atoms. The molecule has 3 nitrogen and oxygen atoms in total. The molecule has 0 heterocycles. The van der Waals surface area contributed by atoms with E-state index in [1.54, 1.807) is 0 Å². The third-order valence-electron chi connectivity index (χ3n) is 2.88. The van der Waals surface area contributed by atoms with Gasteiger partial charge in [0.2, 0.25) is 0 Å². The van der Waals surface area contributed by atoms with Crippen molar-refractivity contribution in [3.05, 3.63) is 12.2 Å². The molecule has 1 aliphatic carbocycles. The SMILES string of the molecule is CCOC(=O)/C=C/CN(C)C1CCCC1. The molecule has 0 atom stereocenters. The average molecular weight is 211 g/mol. The van der Waals surface area contributed by atoms with Crippen molar-refractivity contribution in [2.45, 2.75) is 38.6 Å². The predicted octanol–water partition coefficient (Wildman–Crippen LogP) is 1.98. The maximum absolute atomic E-state index is 11.0. The van der Waals surface area contributed by atoms with Crippen LogP contribution in [-0.2, 0) is 9.53 Å². The standard InChI is InChI=1S/C12H21NO2/c1-3-15-12(14)9-6-10-13(2)11-7-4-5-8-11/h6,9,11H,3-5,7-8,10H2,1-2H3/b9-6+. The van der Waals surface area contributed by atoms with Crippen molar-refractivity contribution >= 4 is 5.97 Å². The summed E-state index contributed by atoms with van der Waals surface area (Å²) in [5.41, 5.74) is 0. The molecule has 0 unspecified atom stereocenters. The Bertz CT molecular complexity index is 220. The number of nitrogens with zero attached hydrogens (tertiary/aromatic N) is 1. The van der Waals surface area contributed by atoms with Crippen LogP contribution >= 0.6 is 0 Å². The third kappa shape index (κ3) is 4.47. The van der Waals surface area contributed by atoms with Gasteiger partial charge in [-0.1, -0.05) is 18.9 Å². The first-order valence-electron chi connectivity index (χ1n) is 5.77. The second-order valence-electron chi connectivity index (χ2n) is 4.03. The van der Waals surface area contributed by atoms with Gasteiger partial charge in [-0.25, -0.2) is 4.79 Å². The zero-order valence-corrected chi connectivity index (χ0v) is 9.74. The lowest BCUT2D eigenvalue weighted by atomic mass is 10.2. The van der Waals surface area contributed by atoms with Gasteiger partial charge in [-0.2, -0.15) is 0 Å². The van der Waals surface area contributed by atoms with E-state index in [4.69, 9.17) is 4.74 Å². The predicted molar refractivity (Wildman–Crippen MR) is 60.7 cm³/mol. The van der Waals surface area contributed by atoms with Gasteiger partial charge in [0, 0.05) is 18.7 Å². The minimum Gasteiger partial charge on any atom is -0.463 e. The molecule has 0 aromatic heterocycles. The van der Waals surface area contributed by atoms with Crippen LogP contribution in [0.25, 0.3) is 0 Å². The van der Waals surface area contributed by atoms with Crippen molar-refractivity contribution in [2.24, 2.45) is 0 Å². The Labute approximate surface area is 92.1 Å². The van der Waals surface area contributed by atoms with Crippen LogP contribution in [0.15, 0.2) is 12.2 Å². The third-order valence-corrected chi connectivity index (χ3v) is 2.88. The van der Waals surface area contributed by atoms with E-state index in [0.29, 0.717) is 12.6 Å². The summed E-state index contributed by atoms with van der Waals surface area (Å²) in [6, 6.07) is 0.705. The van der Waals surface area contributed by atoms with Gasteiger partial charge < -0.3 is 4.74 Å². The zero-order chi connectivity index (χ0) is 11.1. The second-order valence-corrected chi connectivity index (χ2v) is 4.03. The molecule has 1 aliphatic rings. The van der Waals surface area contributed by atoms with Crippen molar-refractivity contribution in [3.63, 3.8) is 0 Å². The van der Waals surface area contributed by atoms with E-state index < -0.39 is 0 Å². The van der Waals surface area contributed by atoms with Gasteiger partial charge in [0.05, 0.1) is 6.61 Å². The monoisotopic (exact) mass is 211 g/mol. The molecule has 0 aromatic rings. The number of carbonyl (C=O) groups excluding carboxylic acids is 1. The topological polar surface area (TPSA) is 29.5 Å². The van der Waals surface area contributed by atoms with Gasteiger partial charge in [0.1, 0.15) is 0 Å². The molecule has 0 spiro atoms. The molecule has 0 aromatic carbocycles. The van der Waals surface area contributed by atoms with Crippen molar-refractivity contribution in [1.82, 2.24) is 4.90 Å². The Morgan fingerprint density at radius 2 is 2.13 bits per heavy atom. The summed E-state index contributed by atoms with van der Waals surface area (Å²) in [5, 5.41) is 0. The molecular weight excluding hydrogens is 190 g/mol. The van der Waals surface area contributed by atoms with E-state index in [0.717, 1.165) is 6.54 Å². The number of hydrogen-bond donors (Lipinski definition) is 0. The van der Waals surface area contributed by atoms with Crippen LogP contribution < -0.4 is 0 Å². The van der Waals surface area contributed by atoms with E-state index in [1.807, 2.05) is 13.0 Å². The molecule has 1 saturated carbocycles. The van der Waals surface area contributed by atoms with Crippen LogP contribution in [0.5, 0.6) is 0 Å². The molecule has 15 heavy (non-hydrogen) atoms. The lowest BCUT2D eigenvalue weighted by Crippen LogP contribution is -2.29. The summed E-state index contributed by atoms with van der Waals surface area (Å²) < 4.78 is 4.80. The fraction of sp³-hybridized carbons (Fsp3) is 0.750.